The number of hydrogen-bond donors (Lipinski definition) is 1. The Labute approximate surface area is 157 Å². The molecule has 0 amide bonds. The monoisotopic (exact) mass is 364 g/mol. The number of nitro benzene ring substituents is 1. The van der Waals surface area contributed by atoms with Crippen LogP contribution in [0.25, 0.3) is 11.1 Å². The summed E-state index contributed by atoms with van der Waals surface area (Å²) in [6.07, 6.45) is 0. The van der Waals surface area contributed by atoms with Gasteiger partial charge in [0.25, 0.3) is 5.69 Å². The summed E-state index contributed by atoms with van der Waals surface area (Å²) in [7, 11) is 0. The first-order valence-corrected chi connectivity index (χ1v) is 8.56. The molecule has 3 aromatic carbocycles. The van der Waals surface area contributed by atoms with E-state index in [2.05, 4.69) is 0 Å². The molecule has 0 radical (unpaired) electrons. The molecule has 0 bridgehead atoms. The van der Waals surface area contributed by atoms with Gasteiger partial charge in [0.05, 0.1) is 4.92 Å². The molecular weight excluding hydrogens is 344 g/mol. The van der Waals surface area contributed by atoms with Crippen molar-refractivity contribution in [2.24, 2.45) is 5.73 Å². The van der Waals surface area contributed by atoms with Gasteiger partial charge in [-0.15, -0.1) is 0 Å². The van der Waals surface area contributed by atoms with Crippen LogP contribution in [0.15, 0.2) is 72.8 Å². The number of benzene rings is 3. The topological polar surface area (TPSA) is 87.6 Å². The van der Waals surface area contributed by atoms with E-state index in [-0.39, 0.29) is 5.69 Å². The molecule has 0 saturated heterocycles. The van der Waals surface area contributed by atoms with Gasteiger partial charge in [-0.25, -0.2) is 0 Å². The van der Waals surface area contributed by atoms with Gasteiger partial charge in [-0.1, -0.05) is 36.4 Å². The molecule has 0 aromatic heterocycles. The molecule has 0 aliphatic rings. The zero-order chi connectivity index (χ0) is 19.1. The van der Waals surface area contributed by atoms with Crippen LogP contribution in [0.5, 0.6) is 11.5 Å². The zero-order valence-electron chi connectivity index (χ0n) is 14.7. The second kappa shape index (κ2) is 8.82. The lowest BCUT2D eigenvalue weighted by atomic mass is 10.0. The highest BCUT2D eigenvalue weighted by Gasteiger charge is 2.10. The van der Waals surface area contributed by atoms with Crippen molar-refractivity contribution in [3.8, 4) is 22.6 Å². The molecule has 3 aromatic rings. The smallest absolute Gasteiger partial charge is 0.269 e. The molecule has 2 N–H and O–H groups in total. The SMILES string of the molecule is NCCOc1ccc(-c2ccc([N+](=O)[O-])cc2)cc1OCc1ccccc1. The van der Waals surface area contributed by atoms with Crippen LogP contribution in [0.2, 0.25) is 0 Å². The molecule has 6 heteroatoms. The van der Waals surface area contributed by atoms with Gasteiger partial charge in [0, 0.05) is 18.7 Å². The molecule has 0 heterocycles. The molecule has 138 valence electrons. The molecule has 0 spiro atoms. The molecule has 0 atom stereocenters. The Morgan fingerprint density at radius 3 is 2.22 bits per heavy atom. The maximum atomic E-state index is 10.8. The largest absolute Gasteiger partial charge is 0.488 e. The van der Waals surface area contributed by atoms with Crippen LogP contribution >= 0.6 is 0 Å². The van der Waals surface area contributed by atoms with Gasteiger partial charge in [0.2, 0.25) is 0 Å². The minimum atomic E-state index is -0.415. The van der Waals surface area contributed by atoms with E-state index in [1.54, 1.807) is 12.1 Å². The first-order valence-electron chi connectivity index (χ1n) is 8.56. The van der Waals surface area contributed by atoms with Gasteiger partial charge in [0.15, 0.2) is 11.5 Å². The number of nitrogens with zero attached hydrogens (tertiary/aromatic N) is 1. The van der Waals surface area contributed by atoms with Crippen molar-refractivity contribution in [1.29, 1.82) is 0 Å². The number of non-ortho nitro benzene ring substituents is 1. The zero-order valence-corrected chi connectivity index (χ0v) is 14.7. The van der Waals surface area contributed by atoms with E-state index in [4.69, 9.17) is 15.2 Å². The van der Waals surface area contributed by atoms with Crippen molar-refractivity contribution >= 4 is 5.69 Å². The van der Waals surface area contributed by atoms with Crippen molar-refractivity contribution in [3.63, 3.8) is 0 Å². The first kappa shape index (κ1) is 18.4. The molecule has 0 unspecified atom stereocenters. The van der Waals surface area contributed by atoms with Crippen LogP contribution in [-0.2, 0) is 6.61 Å². The second-order valence-corrected chi connectivity index (χ2v) is 5.88. The van der Waals surface area contributed by atoms with Crippen LogP contribution < -0.4 is 15.2 Å². The van der Waals surface area contributed by atoms with E-state index in [0.717, 1.165) is 16.7 Å². The number of hydrogen-bond acceptors (Lipinski definition) is 5. The fourth-order valence-corrected chi connectivity index (χ4v) is 2.60. The van der Waals surface area contributed by atoms with Gasteiger partial charge < -0.3 is 15.2 Å². The number of rotatable bonds is 8. The Morgan fingerprint density at radius 2 is 1.56 bits per heavy atom. The fourth-order valence-electron chi connectivity index (χ4n) is 2.60. The molecule has 0 aliphatic carbocycles. The first-order chi connectivity index (χ1) is 13.2. The molecule has 6 nitrogen and oxygen atoms in total. The van der Waals surface area contributed by atoms with Gasteiger partial charge in [-0.3, -0.25) is 10.1 Å². The maximum Gasteiger partial charge on any atom is 0.269 e. The summed E-state index contributed by atoms with van der Waals surface area (Å²) in [5.41, 5.74) is 8.37. The third-order valence-electron chi connectivity index (χ3n) is 3.97. The van der Waals surface area contributed by atoms with Crippen LogP contribution in [0.1, 0.15) is 5.56 Å². The minimum absolute atomic E-state index is 0.0576. The number of nitrogens with two attached hydrogens (primary N) is 1. The lowest BCUT2D eigenvalue weighted by Crippen LogP contribution is -2.11. The van der Waals surface area contributed by atoms with Crippen molar-refractivity contribution in [1.82, 2.24) is 0 Å². The highest BCUT2D eigenvalue weighted by molar-refractivity contribution is 5.68. The third-order valence-corrected chi connectivity index (χ3v) is 3.97. The lowest BCUT2D eigenvalue weighted by molar-refractivity contribution is -0.384. The summed E-state index contributed by atoms with van der Waals surface area (Å²) in [6, 6.07) is 21.8. The summed E-state index contributed by atoms with van der Waals surface area (Å²) in [5, 5.41) is 10.8. The van der Waals surface area contributed by atoms with Crippen molar-refractivity contribution in [2.45, 2.75) is 6.61 Å². The summed E-state index contributed by atoms with van der Waals surface area (Å²) < 4.78 is 11.6. The highest BCUT2D eigenvalue weighted by Crippen LogP contribution is 2.34. The highest BCUT2D eigenvalue weighted by atomic mass is 16.6. The third kappa shape index (κ3) is 4.83. The Kier molecular flexibility index (Phi) is 6.02. The maximum absolute atomic E-state index is 10.8. The quantitative estimate of drug-likeness (QED) is 0.478. The summed E-state index contributed by atoms with van der Waals surface area (Å²) in [6.45, 7) is 1.20. The van der Waals surface area contributed by atoms with E-state index >= 15 is 0 Å². The van der Waals surface area contributed by atoms with E-state index in [1.807, 2.05) is 48.5 Å². The molecular formula is C21H20N2O4. The van der Waals surface area contributed by atoms with Crippen LogP contribution in [0, 0.1) is 10.1 Å². The van der Waals surface area contributed by atoms with Crippen molar-refractivity contribution in [3.05, 3.63) is 88.5 Å². The Hall–Kier alpha value is -3.38. The summed E-state index contributed by atoms with van der Waals surface area (Å²) in [4.78, 5) is 10.4. The average Bonchev–Trinajstić information content (AvgIpc) is 2.72. The summed E-state index contributed by atoms with van der Waals surface area (Å²) >= 11 is 0. The normalized spacial score (nSPS) is 10.4. The second-order valence-electron chi connectivity index (χ2n) is 5.88. The minimum Gasteiger partial charge on any atom is -0.488 e. The fraction of sp³-hybridized carbons (Fsp3) is 0.143. The predicted molar refractivity (Wildman–Crippen MR) is 104 cm³/mol. The molecule has 0 fully saturated rings. The van der Waals surface area contributed by atoms with E-state index in [0.29, 0.717) is 31.3 Å². The van der Waals surface area contributed by atoms with Crippen LogP contribution in [-0.4, -0.2) is 18.1 Å². The van der Waals surface area contributed by atoms with Crippen molar-refractivity contribution in [2.75, 3.05) is 13.2 Å². The number of nitro groups is 1. The Balaban J connectivity index is 1.86. The Morgan fingerprint density at radius 1 is 0.852 bits per heavy atom. The molecule has 27 heavy (non-hydrogen) atoms. The van der Waals surface area contributed by atoms with Gasteiger partial charge in [-0.05, 0) is 41.0 Å². The van der Waals surface area contributed by atoms with Gasteiger partial charge >= 0.3 is 0 Å². The molecule has 0 aliphatic heterocycles. The summed E-state index contributed by atoms with van der Waals surface area (Å²) in [5.74, 6) is 1.21. The van der Waals surface area contributed by atoms with Crippen LogP contribution in [0.3, 0.4) is 0 Å². The average molecular weight is 364 g/mol. The molecule has 0 saturated carbocycles. The lowest BCUT2D eigenvalue weighted by Gasteiger charge is -2.14. The number of ether oxygens (including phenoxy) is 2. The van der Waals surface area contributed by atoms with Crippen molar-refractivity contribution < 1.29 is 14.4 Å². The van der Waals surface area contributed by atoms with Crippen LogP contribution in [0.4, 0.5) is 5.69 Å². The van der Waals surface area contributed by atoms with E-state index in [9.17, 15) is 10.1 Å². The predicted octanol–water partition coefficient (Wildman–Crippen LogP) is 4.18. The standard InChI is InChI=1S/C21H20N2O4/c22-12-13-26-20-11-8-18(17-6-9-19(10-7-17)23(24)25)14-21(20)27-15-16-4-2-1-3-5-16/h1-11,14H,12-13,15,22H2. The van der Waals surface area contributed by atoms with Gasteiger partial charge in [-0.2, -0.15) is 0 Å². The van der Waals surface area contributed by atoms with E-state index in [1.165, 1.54) is 12.1 Å². The van der Waals surface area contributed by atoms with E-state index < -0.39 is 4.92 Å². The van der Waals surface area contributed by atoms with Gasteiger partial charge in [0.1, 0.15) is 13.2 Å². The molecule has 3 rings (SSSR count). The Bertz CT molecular complexity index is 896.